The quantitative estimate of drug-likeness (QED) is 0.254. The molecule has 0 heterocycles. The largest absolute Gasteiger partial charge is 0.480 e. The lowest BCUT2D eigenvalue weighted by atomic mass is 10.0. The predicted octanol–water partition coefficient (Wildman–Crippen LogP) is -1.91. The van der Waals surface area contributed by atoms with Gasteiger partial charge in [-0.15, -0.1) is 0 Å². The number of carbonyl (C=O) groups is 4. The van der Waals surface area contributed by atoms with E-state index in [4.69, 9.17) is 10.8 Å². The van der Waals surface area contributed by atoms with Crippen LogP contribution in [0, 0.1) is 5.92 Å². The first-order valence-corrected chi connectivity index (χ1v) is 7.74. The molecule has 0 rings (SSSR count). The van der Waals surface area contributed by atoms with Crippen LogP contribution in [0.1, 0.15) is 20.3 Å². The molecule has 132 valence electrons. The van der Waals surface area contributed by atoms with Crippen molar-refractivity contribution in [2.75, 3.05) is 18.8 Å². The Hall–Kier alpha value is -1.81. The van der Waals surface area contributed by atoms with Crippen LogP contribution in [-0.4, -0.2) is 59.7 Å². The molecule has 0 spiro atoms. The second-order valence-corrected chi connectivity index (χ2v) is 5.67. The number of carboxylic acids is 1. The Kier molecular flexibility index (Phi) is 9.99. The number of rotatable bonds is 10. The fraction of sp³-hybridized carbons (Fsp3) is 0.692. The molecular formula is C13H24N4O5S. The third-order valence-electron chi connectivity index (χ3n) is 2.77. The van der Waals surface area contributed by atoms with E-state index in [9.17, 15) is 19.2 Å². The maximum absolute atomic E-state index is 12.2. The summed E-state index contributed by atoms with van der Waals surface area (Å²) in [4.78, 5) is 45.9. The van der Waals surface area contributed by atoms with E-state index in [1.807, 2.05) is 13.8 Å². The van der Waals surface area contributed by atoms with Crippen LogP contribution in [0.25, 0.3) is 0 Å². The third-order valence-corrected chi connectivity index (χ3v) is 3.14. The van der Waals surface area contributed by atoms with Crippen molar-refractivity contribution in [2.45, 2.75) is 32.4 Å². The lowest BCUT2D eigenvalue weighted by molar-refractivity contribution is -0.138. The van der Waals surface area contributed by atoms with Crippen LogP contribution in [-0.2, 0) is 19.2 Å². The normalized spacial score (nSPS) is 13.1. The molecule has 2 unspecified atom stereocenters. The van der Waals surface area contributed by atoms with Crippen molar-refractivity contribution in [3.8, 4) is 0 Å². The standard InChI is InChI=1S/C13H24N4O5S/c1-7(2)3-8(16-10(18)4-14)13(22)17-9(6-23)12(21)15-5-11(19)20/h7-9,23H,3-6,14H2,1-2H3,(H,15,21)(H,16,18)(H,17,22)(H,19,20). The number of nitrogens with one attached hydrogen (secondary N) is 3. The van der Waals surface area contributed by atoms with Crippen LogP contribution in [0.15, 0.2) is 0 Å². The molecule has 0 aromatic heterocycles. The summed E-state index contributed by atoms with van der Waals surface area (Å²) in [6, 6.07) is -1.84. The fourth-order valence-corrected chi connectivity index (χ4v) is 1.97. The van der Waals surface area contributed by atoms with Crippen LogP contribution >= 0.6 is 12.6 Å². The maximum atomic E-state index is 12.2. The zero-order valence-electron chi connectivity index (χ0n) is 13.2. The minimum Gasteiger partial charge on any atom is -0.480 e. The Labute approximate surface area is 140 Å². The smallest absolute Gasteiger partial charge is 0.322 e. The molecule has 0 bridgehead atoms. The summed E-state index contributed by atoms with van der Waals surface area (Å²) < 4.78 is 0. The number of hydrogen-bond acceptors (Lipinski definition) is 6. The molecule has 23 heavy (non-hydrogen) atoms. The fourth-order valence-electron chi connectivity index (χ4n) is 1.71. The Morgan fingerprint density at radius 3 is 2.13 bits per heavy atom. The number of hydrogen-bond donors (Lipinski definition) is 6. The molecular weight excluding hydrogens is 324 g/mol. The molecule has 0 saturated carbocycles. The second-order valence-electron chi connectivity index (χ2n) is 5.31. The van der Waals surface area contributed by atoms with Crippen molar-refractivity contribution >= 4 is 36.3 Å². The van der Waals surface area contributed by atoms with E-state index in [1.165, 1.54) is 0 Å². The van der Waals surface area contributed by atoms with Crippen molar-refractivity contribution in [3.05, 3.63) is 0 Å². The SMILES string of the molecule is CC(C)CC(NC(=O)CN)C(=O)NC(CS)C(=O)NCC(=O)O. The highest BCUT2D eigenvalue weighted by atomic mass is 32.1. The van der Waals surface area contributed by atoms with Crippen molar-refractivity contribution in [3.63, 3.8) is 0 Å². The summed E-state index contributed by atoms with van der Waals surface area (Å²) >= 11 is 3.97. The Morgan fingerprint density at radius 1 is 1.09 bits per heavy atom. The summed E-state index contributed by atoms with van der Waals surface area (Å²) in [6.45, 7) is 2.95. The molecule has 0 aromatic carbocycles. The molecule has 3 amide bonds. The van der Waals surface area contributed by atoms with Gasteiger partial charge in [0, 0.05) is 5.75 Å². The monoisotopic (exact) mass is 348 g/mol. The van der Waals surface area contributed by atoms with Crippen molar-refractivity contribution in [1.82, 2.24) is 16.0 Å². The second kappa shape index (κ2) is 10.8. The maximum Gasteiger partial charge on any atom is 0.322 e. The average Bonchev–Trinajstić information content (AvgIpc) is 2.48. The Morgan fingerprint density at radius 2 is 1.70 bits per heavy atom. The number of amides is 3. The number of carboxylic acid groups (broad SMARTS) is 1. The van der Waals surface area contributed by atoms with Gasteiger partial charge in [0.1, 0.15) is 18.6 Å². The molecule has 6 N–H and O–H groups in total. The molecule has 9 nitrogen and oxygen atoms in total. The van der Waals surface area contributed by atoms with Gasteiger partial charge in [0.25, 0.3) is 0 Å². The summed E-state index contributed by atoms with van der Waals surface area (Å²) in [5.74, 6) is -2.79. The van der Waals surface area contributed by atoms with Gasteiger partial charge in [0.05, 0.1) is 6.54 Å². The predicted molar refractivity (Wildman–Crippen MR) is 86.9 cm³/mol. The lowest BCUT2D eigenvalue weighted by Gasteiger charge is -2.23. The molecule has 0 aliphatic rings. The highest BCUT2D eigenvalue weighted by Gasteiger charge is 2.26. The van der Waals surface area contributed by atoms with E-state index in [0.29, 0.717) is 6.42 Å². The molecule has 10 heteroatoms. The molecule has 0 radical (unpaired) electrons. The van der Waals surface area contributed by atoms with Gasteiger partial charge in [-0.2, -0.15) is 12.6 Å². The van der Waals surface area contributed by atoms with Crippen LogP contribution in [0.4, 0.5) is 0 Å². The number of thiol groups is 1. The molecule has 0 aliphatic heterocycles. The average molecular weight is 348 g/mol. The topological polar surface area (TPSA) is 151 Å². The van der Waals surface area contributed by atoms with Gasteiger partial charge in [-0.1, -0.05) is 13.8 Å². The zero-order valence-corrected chi connectivity index (χ0v) is 14.1. The Balaban J connectivity index is 4.80. The van der Waals surface area contributed by atoms with Crippen molar-refractivity contribution < 1.29 is 24.3 Å². The number of aliphatic carboxylic acids is 1. The van der Waals surface area contributed by atoms with Crippen molar-refractivity contribution in [1.29, 1.82) is 0 Å². The van der Waals surface area contributed by atoms with Gasteiger partial charge < -0.3 is 26.8 Å². The van der Waals surface area contributed by atoms with Crippen molar-refractivity contribution in [2.24, 2.45) is 11.7 Å². The van der Waals surface area contributed by atoms with Gasteiger partial charge in [0.2, 0.25) is 17.7 Å². The molecule has 0 aromatic rings. The zero-order chi connectivity index (χ0) is 18.0. The van der Waals surface area contributed by atoms with E-state index in [1.54, 1.807) is 0 Å². The number of nitrogens with two attached hydrogens (primary N) is 1. The summed E-state index contributed by atoms with van der Waals surface area (Å²) in [5.41, 5.74) is 5.22. The summed E-state index contributed by atoms with van der Waals surface area (Å²) in [6.07, 6.45) is 0.369. The molecule has 0 aliphatic carbocycles. The van der Waals surface area contributed by atoms with Gasteiger partial charge >= 0.3 is 5.97 Å². The molecule has 0 saturated heterocycles. The highest BCUT2D eigenvalue weighted by Crippen LogP contribution is 2.05. The minimum atomic E-state index is -1.20. The minimum absolute atomic E-state index is 0.0174. The van der Waals surface area contributed by atoms with E-state index in [-0.39, 0.29) is 18.2 Å². The summed E-state index contributed by atoms with van der Waals surface area (Å²) in [7, 11) is 0. The van der Waals surface area contributed by atoms with E-state index < -0.39 is 42.3 Å². The van der Waals surface area contributed by atoms with Crippen LogP contribution in [0.5, 0.6) is 0 Å². The van der Waals surface area contributed by atoms with Gasteiger partial charge in [-0.25, -0.2) is 0 Å². The summed E-state index contributed by atoms with van der Waals surface area (Å²) in [5, 5.41) is 15.6. The van der Waals surface area contributed by atoms with Gasteiger partial charge in [-0.3, -0.25) is 19.2 Å². The van der Waals surface area contributed by atoms with E-state index >= 15 is 0 Å². The van der Waals surface area contributed by atoms with Crippen LogP contribution in [0.3, 0.4) is 0 Å². The first-order chi connectivity index (χ1) is 10.7. The van der Waals surface area contributed by atoms with Gasteiger partial charge in [-0.05, 0) is 12.3 Å². The molecule has 0 fully saturated rings. The van der Waals surface area contributed by atoms with Crippen LogP contribution < -0.4 is 21.7 Å². The van der Waals surface area contributed by atoms with E-state index in [0.717, 1.165) is 0 Å². The van der Waals surface area contributed by atoms with Crippen LogP contribution in [0.2, 0.25) is 0 Å². The van der Waals surface area contributed by atoms with E-state index in [2.05, 4.69) is 28.6 Å². The third kappa shape index (κ3) is 9.04. The Bertz CT molecular complexity index is 444. The highest BCUT2D eigenvalue weighted by molar-refractivity contribution is 7.80. The first-order valence-electron chi connectivity index (χ1n) is 7.11. The van der Waals surface area contributed by atoms with Gasteiger partial charge in [0.15, 0.2) is 0 Å². The number of carbonyl (C=O) groups excluding carboxylic acids is 3. The molecule has 2 atom stereocenters. The first kappa shape index (κ1) is 21.2. The lowest BCUT2D eigenvalue weighted by Crippen LogP contribution is -2.55.